The number of carboxylic acid groups (broad SMARTS) is 1. The van der Waals surface area contributed by atoms with E-state index in [-0.39, 0.29) is 5.82 Å². The molecule has 0 radical (unpaired) electrons. The first kappa shape index (κ1) is 9.96. The van der Waals surface area contributed by atoms with Gasteiger partial charge in [0, 0.05) is 12.2 Å². The number of fused-ring (bicyclic) bond motifs is 1. The molecule has 1 N–H and O–H groups in total. The van der Waals surface area contributed by atoms with Crippen molar-refractivity contribution in [2.24, 2.45) is 0 Å². The van der Waals surface area contributed by atoms with Crippen LogP contribution in [0.25, 0.3) is 0 Å². The minimum absolute atomic E-state index is 0.321. The van der Waals surface area contributed by atoms with E-state index in [9.17, 15) is 9.18 Å². The largest absolute Gasteiger partial charge is 0.480 e. The van der Waals surface area contributed by atoms with Gasteiger partial charge in [-0.05, 0) is 31.0 Å². The van der Waals surface area contributed by atoms with E-state index in [2.05, 4.69) is 0 Å². The van der Waals surface area contributed by atoms with E-state index in [1.807, 2.05) is 0 Å². The second kappa shape index (κ2) is 3.53. The first-order valence-electron chi connectivity index (χ1n) is 4.87. The average Bonchev–Trinajstić information content (AvgIpc) is 2.59. The van der Waals surface area contributed by atoms with Crippen molar-refractivity contribution >= 4 is 11.7 Å². The van der Waals surface area contributed by atoms with E-state index in [0.29, 0.717) is 12.2 Å². The monoisotopic (exact) mass is 209 g/mol. The molecule has 4 heteroatoms. The lowest BCUT2D eigenvalue weighted by molar-refractivity contribution is -0.138. The van der Waals surface area contributed by atoms with Gasteiger partial charge in [-0.25, -0.2) is 9.18 Å². The molecule has 2 rings (SSSR count). The van der Waals surface area contributed by atoms with Crippen molar-refractivity contribution in [1.82, 2.24) is 0 Å². The summed E-state index contributed by atoms with van der Waals surface area (Å²) in [6.07, 6.45) is 0.785. The van der Waals surface area contributed by atoms with Crippen LogP contribution < -0.4 is 4.90 Å². The summed E-state index contributed by atoms with van der Waals surface area (Å²) in [7, 11) is 0. The number of nitrogens with zero attached hydrogens (tertiary/aromatic N) is 1. The second-order valence-corrected chi connectivity index (χ2v) is 3.73. The van der Waals surface area contributed by atoms with Crippen molar-refractivity contribution in [3.8, 4) is 0 Å². The minimum atomic E-state index is -0.882. The molecule has 1 unspecified atom stereocenters. The number of carboxylic acids is 1. The van der Waals surface area contributed by atoms with Gasteiger partial charge in [0.15, 0.2) is 0 Å². The highest BCUT2D eigenvalue weighted by Gasteiger charge is 2.27. The van der Waals surface area contributed by atoms with Gasteiger partial charge in [-0.1, -0.05) is 6.07 Å². The zero-order valence-electron chi connectivity index (χ0n) is 8.40. The Bertz CT molecular complexity index is 406. The Morgan fingerprint density at radius 2 is 2.33 bits per heavy atom. The molecule has 1 heterocycles. The second-order valence-electron chi connectivity index (χ2n) is 3.73. The summed E-state index contributed by atoms with van der Waals surface area (Å²) < 4.78 is 13.0. The molecule has 0 aliphatic carbocycles. The van der Waals surface area contributed by atoms with E-state index < -0.39 is 12.0 Å². The number of hydrogen-bond donors (Lipinski definition) is 1. The van der Waals surface area contributed by atoms with Gasteiger partial charge in [0.05, 0.1) is 0 Å². The van der Waals surface area contributed by atoms with E-state index in [4.69, 9.17) is 5.11 Å². The normalized spacial score (nSPS) is 16.3. The molecule has 3 nitrogen and oxygen atoms in total. The van der Waals surface area contributed by atoms with E-state index in [1.165, 1.54) is 12.1 Å². The predicted molar refractivity (Wildman–Crippen MR) is 54.5 cm³/mol. The number of anilines is 1. The zero-order valence-corrected chi connectivity index (χ0v) is 8.40. The fourth-order valence-corrected chi connectivity index (χ4v) is 1.91. The highest BCUT2D eigenvalue weighted by molar-refractivity contribution is 5.79. The summed E-state index contributed by atoms with van der Waals surface area (Å²) in [5.74, 6) is -1.20. The highest BCUT2D eigenvalue weighted by Crippen LogP contribution is 2.30. The van der Waals surface area contributed by atoms with Gasteiger partial charge in [0.25, 0.3) is 0 Å². The smallest absolute Gasteiger partial charge is 0.326 e. The molecule has 0 spiro atoms. The van der Waals surface area contributed by atoms with Gasteiger partial charge < -0.3 is 10.0 Å². The molecular weight excluding hydrogens is 197 g/mol. The Labute approximate surface area is 87.1 Å². The maximum atomic E-state index is 13.0. The maximum absolute atomic E-state index is 13.0. The van der Waals surface area contributed by atoms with Crippen LogP contribution in [0.5, 0.6) is 0 Å². The zero-order chi connectivity index (χ0) is 11.0. The Balaban J connectivity index is 2.35. The third-order valence-electron chi connectivity index (χ3n) is 2.80. The molecule has 0 saturated carbocycles. The lowest BCUT2D eigenvalue weighted by Crippen LogP contribution is -2.37. The van der Waals surface area contributed by atoms with Gasteiger partial charge >= 0.3 is 5.97 Å². The van der Waals surface area contributed by atoms with Crippen LogP contribution in [0, 0.1) is 5.82 Å². The van der Waals surface area contributed by atoms with Crippen LogP contribution in [-0.2, 0) is 11.2 Å². The van der Waals surface area contributed by atoms with Gasteiger partial charge in [0.2, 0.25) is 0 Å². The first-order valence-corrected chi connectivity index (χ1v) is 4.87. The summed E-state index contributed by atoms with van der Waals surface area (Å²) >= 11 is 0. The van der Waals surface area contributed by atoms with Crippen LogP contribution in [0.4, 0.5) is 10.1 Å². The van der Waals surface area contributed by atoms with E-state index in [1.54, 1.807) is 17.9 Å². The molecular formula is C11H12FNO2. The van der Waals surface area contributed by atoms with Crippen LogP contribution in [0.2, 0.25) is 0 Å². The number of benzene rings is 1. The van der Waals surface area contributed by atoms with Crippen LogP contribution >= 0.6 is 0 Å². The first-order chi connectivity index (χ1) is 7.09. The summed E-state index contributed by atoms with van der Waals surface area (Å²) in [6, 6.07) is 3.93. The topological polar surface area (TPSA) is 40.5 Å². The van der Waals surface area contributed by atoms with Gasteiger partial charge in [-0.3, -0.25) is 0 Å². The molecule has 1 aromatic carbocycles. The lowest BCUT2D eigenvalue weighted by atomic mass is 10.1. The quantitative estimate of drug-likeness (QED) is 0.805. The molecule has 0 amide bonds. The van der Waals surface area contributed by atoms with Crippen LogP contribution in [-0.4, -0.2) is 23.7 Å². The minimum Gasteiger partial charge on any atom is -0.480 e. The Hall–Kier alpha value is -1.58. The number of rotatable bonds is 2. The van der Waals surface area contributed by atoms with Crippen LogP contribution in [0.3, 0.4) is 0 Å². The van der Waals surface area contributed by atoms with Crippen molar-refractivity contribution in [2.45, 2.75) is 19.4 Å². The van der Waals surface area contributed by atoms with Crippen molar-refractivity contribution in [1.29, 1.82) is 0 Å². The van der Waals surface area contributed by atoms with E-state index in [0.717, 1.165) is 12.0 Å². The van der Waals surface area contributed by atoms with Gasteiger partial charge in [-0.15, -0.1) is 0 Å². The fraction of sp³-hybridized carbons (Fsp3) is 0.364. The van der Waals surface area contributed by atoms with Crippen LogP contribution in [0.1, 0.15) is 12.5 Å². The molecule has 1 atom stereocenters. The van der Waals surface area contributed by atoms with Gasteiger partial charge in [0.1, 0.15) is 11.9 Å². The molecule has 80 valence electrons. The molecule has 1 aliphatic rings. The van der Waals surface area contributed by atoms with Crippen molar-refractivity contribution in [3.05, 3.63) is 29.6 Å². The third kappa shape index (κ3) is 1.67. The maximum Gasteiger partial charge on any atom is 0.326 e. The summed E-state index contributed by atoms with van der Waals surface area (Å²) in [6.45, 7) is 2.26. The van der Waals surface area contributed by atoms with Crippen molar-refractivity contribution in [2.75, 3.05) is 11.4 Å². The van der Waals surface area contributed by atoms with Crippen LogP contribution in [0.15, 0.2) is 18.2 Å². The fourth-order valence-electron chi connectivity index (χ4n) is 1.91. The van der Waals surface area contributed by atoms with E-state index >= 15 is 0 Å². The lowest BCUT2D eigenvalue weighted by Gasteiger charge is -2.23. The Morgan fingerprint density at radius 1 is 1.60 bits per heavy atom. The standard InChI is InChI=1S/C11H12FNO2/c1-7(11(14)15)13-5-4-8-2-3-9(12)6-10(8)13/h2-3,6-7H,4-5H2,1H3,(H,14,15). The Morgan fingerprint density at radius 3 is 3.00 bits per heavy atom. The summed E-state index contributed by atoms with van der Waals surface area (Å²) in [5, 5.41) is 8.90. The number of aliphatic carboxylic acids is 1. The molecule has 0 fully saturated rings. The van der Waals surface area contributed by atoms with Crippen molar-refractivity contribution in [3.63, 3.8) is 0 Å². The summed E-state index contributed by atoms with van der Waals surface area (Å²) in [4.78, 5) is 12.6. The number of halogens is 1. The predicted octanol–water partition coefficient (Wildman–Crippen LogP) is 1.66. The molecule has 0 bridgehead atoms. The molecule has 1 aromatic rings. The molecule has 1 aliphatic heterocycles. The van der Waals surface area contributed by atoms with Gasteiger partial charge in [-0.2, -0.15) is 0 Å². The molecule has 15 heavy (non-hydrogen) atoms. The average molecular weight is 209 g/mol. The number of hydrogen-bond acceptors (Lipinski definition) is 2. The van der Waals surface area contributed by atoms with Crippen molar-refractivity contribution < 1.29 is 14.3 Å². The Kier molecular flexibility index (Phi) is 2.34. The highest BCUT2D eigenvalue weighted by atomic mass is 19.1. The molecule has 0 saturated heterocycles. The third-order valence-corrected chi connectivity index (χ3v) is 2.80. The number of carbonyl (C=O) groups is 1. The SMILES string of the molecule is CC(C(=O)O)N1CCc2ccc(F)cc21. The molecule has 0 aromatic heterocycles. The summed E-state index contributed by atoms with van der Waals surface area (Å²) in [5.41, 5.74) is 1.73.